The van der Waals surface area contributed by atoms with Gasteiger partial charge in [-0.1, -0.05) is 39.5 Å². The van der Waals surface area contributed by atoms with Crippen LogP contribution in [0.3, 0.4) is 0 Å². The van der Waals surface area contributed by atoms with Gasteiger partial charge in [-0.3, -0.25) is 4.79 Å². The van der Waals surface area contributed by atoms with Gasteiger partial charge in [0, 0.05) is 6.42 Å². The first-order valence-corrected chi connectivity index (χ1v) is 5.22. The second-order valence-corrected chi connectivity index (χ2v) is 4.55. The first-order chi connectivity index (χ1) is 5.07. The lowest BCUT2D eigenvalue weighted by Crippen LogP contribution is -2.08. The van der Waals surface area contributed by atoms with Crippen LogP contribution in [0.4, 0.5) is 0 Å². The molecule has 0 spiro atoms. The SMILES string of the molecule is CCSC(=O)CC(C)C(C)C. The van der Waals surface area contributed by atoms with Gasteiger partial charge < -0.3 is 0 Å². The first kappa shape index (κ1) is 11.0. The minimum atomic E-state index is 0.341. The van der Waals surface area contributed by atoms with Gasteiger partial charge in [-0.2, -0.15) is 0 Å². The van der Waals surface area contributed by atoms with E-state index in [2.05, 4.69) is 20.8 Å². The number of rotatable bonds is 4. The summed E-state index contributed by atoms with van der Waals surface area (Å²) in [6.07, 6.45) is 0.732. The predicted molar refractivity (Wildman–Crippen MR) is 51.8 cm³/mol. The molecule has 0 heterocycles. The fourth-order valence-corrected chi connectivity index (χ4v) is 1.42. The van der Waals surface area contributed by atoms with Gasteiger partial charge in [-0.05, 0) is 17.6 Å². The van der Waals surface area contributed by atoms with E-state index in [0.29, 0.717) is 17.0 Å². The topological polar surface area (TPSA) is 17.1 Å². The predicted octanol–water partition coefficient (Wildman–Crippen LogP) is 2.95. The molecule has 0 aromatic heterocycles. The lowest BCUT2D eigenvalue weighted by atomic mass is 9.95. The van der Waals surface area contributed by atoms with Crippen LogP contribution >= 0.6 is 11.8 Å². The van der Waals surface area contributed by atoms with Crippen molar-refractivity contribution >= 4 is 16.9 Å². The van der Waals surface area contributed by atoms with Crippen LogP contribution in [-0.4, -0.2) is 10.9 Å². The monoisotopic (exact) mass is 174 g/mol. The van der Waals surface area contributed by atoms with Gasteiger partial charge >= 0.3 is 0 Å². The molecule has 0 aliphatic rings. The third kappa shape index (κ3) is 5.31. The Morgan fingerprint density at radius 3 is 2.27 bits per heavy atom. The summed E-state index contributed by atoms with van der Waals surface area (Å²) in [6, 6.07) is 0. The molecule has 0 aliphatic carbocycles. The number of carbonyl (C=O) groups excluding carboxylic acids is 1. The van der Waals surface area contributed by atoms with Crippen molar-refractivity contribution in [3.05, 3.63) is 0 Å². The smallest absolute Gasteiger partial charge is 0.189 e. The zero-order valence-electron chi connectivity index (χ0n) is 7.89. The normalized spacial score (nSPS) is 13.5. The molecule has 0 radical (unpaired) electrons. The molecule has 1 nitrogen and oxygen atoms in total. The minimum Gasteiger partial charge on any atom is -0.287 e. The van der Waals surface area contributed by atoms with E-state index < -0.39 is 0 Å². The molecule has 0 aromatic rings. The van der Waals surface area contributed by atoms with E-state index in [1.54, 1.807) is 0 Å². The Morgan fingerprint density at radius 2 is 1.91 bits per heavy atom. The van der Waals surface area contributed by atoms with Crippen molar-refractivity contribution in [1.82, 2.24) is 0 Å². The lowest BCUT2D eigenvalue weighted by Gasteiger charge is -2.13. The van der Waals surface area contributed by atoms with E-state index in [-0.39, 0.29) is 0 Å². The Hall–Kier alpha value is 0.0200. The second kappa shape index (κ2) is 5.64. The molecule has 11 heavy (non-hydrogen) atoms. The summed E-state index contributed by atoms with van der Waals surface area (Å²) >= 11 is 1.44. The summed E-state index contributed by atoms with van der Waals surface area (Å²) in [6.45, 7) is 8.48. The standard InChI is InChI=1S/C9H18OS/c1-5-11-9(10)6-8(4)7(2)3/h7-8H,5-6H2,1-4H3. The highest BCUT2D eigenvalue weighted by Gasteiger charge is 2.11. The maximum atomic E-state index is 11.1. The Kier molecular flexibility index (Phi) is 5.65. The molecule has 0 fully saturated rings. The van der Waals surface area contributed by atoms with Gasteiger partial charge in [0.2, 0.25) is 0 Å². The average Bonchev–Trinajstić information content (AvgIpc) is 1.87. The van der Waals surface area contributed by atoms with E-state index in [4.69, 9.17) is 0 Å². The van der Waals surface area contributed by atoms with Gasteiger partial charge in [-0.25, -0.2) is 0 Å². The summed E-state index contributed by atoms with van der Waals surface area (Å²) in [4.78, 5) is 11.1. The average molecular weight is 174 g/mol. The molecule has 1 unspecified atom stereocenters. The fourth-order valence-electron chi connectivity index (χ4n) is 0.719. The molecule has 1 atom stereocenters. The zero-order valence-corrected chi connectivity index (χ0v) is 8.70. The molecule has 0 saturated heterocycles. The molecule has 66 valence electrons. The van der Waals surface area contributed by atoms with Crippen molar-refractivity contribution in [3.8, 4) is 0 Å². The van der Waals surface area contributed by atoms with Crippen molar-refractivity contribution < 1.29 is 4.79 Å². The van der Waals surface area contributed by atoms with E-state index >= 15 is 0 Å². The van der Waals surface area contributed by atoms with Crippen molar-refractivity contribution in [1.29, 1.82) is 0 Å². The lowest BCUT2D eigenvalue weighted by molar-refractivity contribution is -0.111. The number of thioether (sulfide) groups is 1. The third-order valence-electron chi connectivity index (χ3n) is 1.93. The van der Waals surface area contributed by atoms with Crippen molar-refractivity contribution in [2.24, 2.45) is 11.8 Å². The van der Waals surface area contributed by atoms with E-state index in [9.17, 15) is 4.79 Å². The van der Waals surface area contributed by atoms with E-state index in [0.717, 1.165) is 12.2 Å². The molecule has 0 N–H and O–H groups in total. The molecule has 0 aliphatic heterocycles. The largest absolute Gasteiger partial charge is 0.287 e. The Labute approximate surface area is 73.9 Å². The molecular formula is C9H18OS. The van der Waals surface area contributed by atoms with Crippen LogP contribution < -0.4 is 0 Å². The highest BCUT2D eigenvalue weighted by molar-refractivity contribution is 8.13. The highest BCUT2D eigenvalue weighted by atomic mass is 32.2. The minimum absolute atomic E-state index is 0.341. The summed E-state index contributed by atoms with van der Waals surface area (Å²) in [5, 5.41) is 0.341. The van der Waals surface area contributed by atoms with Crippen molar-refractivity contribution in [3.63, 3.8) is 0 Å². The first-order valence-electron chi connectivity index (χ1n) is 4.23. The van der Waals surface area contributed by atoms with Crippen LogP contribution in [0, 0.1) is 11.8 Å². The molecule has 2 heteroatoms. The van der Waals surface area contributed by atoms with Gasteiger partial charge in [0.05, 0.1) is 0 Å². The maximum Gasteiger partial charge on any atom is 0.189 e. The third-order valence-corrected chi connectivity index (χ3v) is 2.71. The fraction of sp³-hybridized carbons (Fsp3) is 0.889. The molecule has 0 amide bonds. The maximum absolute atomic E-state index is 11.1. The van der Waals surface area contributed by atoms with Crippen molar-refractivity contribution in [2.75, 3.05) is 5.75 Å². The second-order valence-electron chi connectivity index (χ2n) is 3.23. The molecule has 0 bridgehead atoms. The number of hydrogen-bond donors (Lipinski definition) is 0. The molecular weight excluding hydrogens is 156 g/mol. The van der Waals surface area contributed by atoms with E-state index in [1.165, 1.54) is 11.8 Å². The summed E-state index contributed by atoms with van der Waals surface area (Å²) in [5.41, 5.74) is 0. The van der Waals surface area contributed by atoms with Crippen LogP contribution in [0.5, 0.6) is 0 Å². The molecule has 0 aromatic carbocycles. The number of carbonyl (C=O) groups is 1. The highest BCUT2D eigenvalue weighted by Crippen LogP contribution is 2.18. The van der Waals surface area contributed by atoms with Crippen LogP contribution in [0.15, 0.2) is 0 Å². The van der Waals surface area contributed by atoms with Gasteiger partial charge in [0.15, 0.2) is 5.12 Å². The van der Waals surface area contributed by atoms with E-state index in [1.807, 2.05) is 6.92 Å². The Morgan fingerprint density at radius 1 is 1.36 bits per heavy atom. The van der Waals surface area contributed by atoms with Crippen molar-refractivity contribution in [2.45, 2.75) is 34.1 Å². The Bertz CT molecular complexity index is 121. The summed E-state index contributed by atoms with van der Waals surface area (Å²) in [5.74, 6) is 2.06. The summed E-state index contributed by atoms with van der Waals surface area (Å²) < 4.78 is 0. The van der Waals surface area contributed by atoms with Crippen LogP contribution in [0.2, 0.25) is 0 Å². The molecule has 0 saturated carbocycles. The Balaban J connectivity index is 3.57. The molecule has 0 rings (SSSR count). The summed E-state index contributed by atoms with van der Waals surface area (Å²) in [7, 11) is 0. The van der Waals surface area contributed by atoms with Gasteiger partial charge in [-0.15, -0.1) is 0 Å². The van der Waals surface area contributed by atoms with Gasteiger partial charge in [0.25, 0.3) is 0 Å². The van der Waals surface area contributed by atoms with Crippen LogP contribution in [0.1, 0.15) is 34.1 Å². The quantitative estimate of drug-likeness (QED) is 0.652. The zero-order chi connectivity index (χ0) is 8.85. The van der Waals surface area contributed by atoms with Crippen LogP contribution in [-0.2, 0) is 4.79 Å². The van der Waals surface area contributed by atoms with Gasteiger partial charge in [0.1, 0.15) is 0 Å². The van der Waals surface area contributed by atoms with Crippen LogP contribution in [0.25, 0.3) is 0 Å². The number of hydrogen-bond acceptors (Lipinski definition) is 2.